The van der Waals surface area contributed by atoms with E-state index in [1.165, 1.54) is 32.1 Å². The van der Waals surface area contributed by atoms with Crippen LogP contribution in [-0.4, -0.2) is 28.7 Å². The summed E-state index contributed by atoms with van der Waals surface area (Å²) >= 11 is 0. The zero-order valence-corrected chi connectivity index (χ0v) is 18.6. The Morgan fingerprint density at radius 3 is 2.53 bits per heavy atom. The highest BCUT2D eigenvalue weighted by Crippen LogP contribution is 2.72. The molecule has 2 N–H and O–H groups in total. The first kappa shape index (κ1) is 19.4. The van der Waals surface area contributed by atoms with E-state index >= 15 is 0 Å². The molecular formula is C26H36O4. The summed E-state index contributed by atoms with van der Waals surface area (Å²) in [7, 11) is 0. The molecule has 1 aromatic carbocycles. The summed E-state index contributed by atoms with van der Waals surface area (Å²) < 4.78 is 12.8. The summed E-state index contributed by atoms with van der Waals surface area (Å²) in [4.78, 5) is 0. The number of aromatic hydroxyl groups is 1. The molecule has 8 atom stereocenters. The fourth-order valence-electron chi connectivity index (χ4n) is 9.32. The molecule has 164 valence electrons. The molecule has 2 aliphatic heterocycles. The average Bonchev–Trinajstić information content (AvgIpc) is 2.70. The van der Waals surface area contributed by atoms with Crippen molar-refractivity contribution in [2.24, 2.45) is 34.0 Å². The Morgan fingerprint density at radius 1 is 0.933 bits per heavy atom. The normalized spacial score (nSPS) is 51.6. The molecule has 3 aliphatic carbocycles. The van der Waals surface area contributed by atoms with E-state index in [4.69, 9.17) is 9.47 Å². The van der Waals surface area contributed by atoms with Gasteiger partial charge < -0.3 is 19.7 Å². The van der Waals surface area contributed by atoms with Crippen LogP contribution in [0.15, 0.2) is 18.2 Å². The molecule has 1 saturated heterocycles. The smallest absolute Gasteiger partial charge is 0.160 e. The lowest BCUT2D eigenvalue weighted by atomic mass is 9.36. The third-order valence-electron chi connectivity index (χ3n) is 10.7. The molecule has 2 bridgehead atoms. The van der Waals surface area contributed by atoms with E-state index < -0.39 is 6.29 Å². The van der Waals surface area contributed by atoms with E-state index in [1.54, 1.807) is 6.07 Å². The van der Waals surface area contributed by atoms with E-state index in [2.05, 4.69) is 20.8 Å². The molecule has 4 fully saturated rings. The molecule has 3 saturated carbocycles. The molecule has 1 aromatic rings. The summed E-state index contributed by atoms with van der Waals surface area (Å²) in [5.74, 6) is 2.89. The number of hydrogen-bond donors (Lipinski definition) is 2. The molecule has 0 amide bonds. The van der Waals surface area contributed by atoms with Crippen LogP contribution < -0.4 is 4.74 Å². The summed E-state index contributed by atoms with van der Waals surface area (Å²) in [6.07, 6.45) is 8.54. The van der Waals surface area contributed by atoms with Crippen LogP contribution in [-0.2, 0) is 11.2 Å². The maximum atomic E-state index is 10.8. The number of phenols is 1. The van der Waals surface area contributed by atoms with Gasteiger partial charge in [-0.2, -0.15) is 0 Å². The predicted molar refractivity (Wildman–Crippen MR) is 114 cm³/mol. The van der Waals surface area contributed by atoms with Gasteiger partial charge >= 0.3 is 0 Å². The van der Waals surface area contributed by atoms with Crippen molar-refractivity contribution in [3.8, 4) is 11.5 Å². The highest BCUT2D eigenvalue weighted by Gasteiger charge is 2.70. The second kappa shape index (κ2) is 5.95. The van der Waals surface area contributed by atoms with Gasteiger partial charge in [0.25, 0.3) is 0 Å². The van der Waals surface area contributed by atoms with Gasteiger partial charge in [0, 0.05) is 16.7 Å². The van der Waals surface area contributed by atoms with Crippen LogP contribution in [0.5, 0.6) is 11.5 Å². The monoisotopic (exact) mass is 412 g/mol. The van der Waals surface area contributed by atoms with Crippen molar-refractivity contribution >= 4 is 0 Å². The topological polar surface area (TPSA) is 58.9 Å². The standard InChI is InChI=1S/C26H36O4/c1-23-11-7-20-24(2)9-4-10-26(20,15-29-22(24)28)19(23)8-12-25(3)21(23)14-16-13-17(27)5-6-18(16)30-25/h5-6,13,19-22,27-28H,4,7-12,14-15H2,1-3H3/t19-,20-,21-,22+,23+,24-,25-,26-/m0/s1. The van der Waals surface area contributed by atoms with Crippen molar-refractivity contribution in [1.29, 1.82) is 0 Å². The van der Waals surface area contributed by atoms with Crippen LogP contribution in [0, 0.1) is 34.0 Å². The van der Waals surface area contributed by atoms with Crippen molar-refractivity contribution in [1.82, 2.24) is 0 Å². The predicted octanol–water partition coefficient (Wildman–Crippen LogP) is 5.05. The Bertz CT molecular complexity index is 884. The summed E-state index contributed by atoms with van der Waals surface area (Å²) in [5, 5.41) is 20.8. The maximum Gasteiger partial charge on any atom is 0.160 e. The number of aliphatic hydroxyl groups excluding tert-OH is 1. The lowest BCUT2D eigenvalue weighted by Gasteiger charge is -2.71. The zero-order valence-electron chi connectivity index (χ0n) is 18.6. The minimum atomic E-state index is -0.609. The van der Waals surface area contributed by atoms with Gasteiger partial charge in [0.2, 0.25) is 0 Å². The van der Waals surface area contributed by atoms with Crippen LogP contribution in [0.2, 0.25) is 0 Å². The first-order valence-electron chi connectivity index (χ1n) is 12.0. The average molecular weight is 413 g/mol. The van der Waals surface area contributed by atoms with E-state index in [0.29, 0.717) is 23.5 Å². The third kappa shape index (κ3) is 2.25. The van der Waals surface area contributed by atoms with Gasteiger partial charge in [-0.1, -0.05) is 20.3 Å². The second-order valence-corrected chi connectivity index (χ2v) is 11.9. The maximum absolute atomic E-state index is 10.8. The van der Waals surface area contributed by atoms with Crippen LogP contribution in [0.1, 0.15) is 71.3 Å². The highest BCUT2D eigenvalue weighted by atomic mass is 16.6. The van der Waals surface area contributed by atoms with Crippen LogP contribution in [0.25, 0.3) is 0 Å². The molecule has 30 heavy (non-hydrogen) atoms. The Kier molecular flexibility index (Phi) is 3.85. The zero-order chi connectivity index (χ0) is 20.9. The Balaban J connectivity index is 1.42. The van der Waals surface area contributed by atoms with Crippen molar-refractivity contribution < 1.29 is 19.7 Å². The summed E-state index contributed by atoms with van der Waals surface area (Å²) in [5.41, 5.74) is 1.30. The van der Waals surface area contributed by atoms with E-state index in [9.17, 15) is 10.2 Å². The van der Waals surface area contributed by atoms with E-state index in [-0.39, 0.29) is 21.8 Å². The molecule has 0 unspecified atom stereocenters. The van der Waals surface area contributed by atoms with Gasteiger partial charge in [0.05, 0.1) is 6.61 Å². The van der Waals surface area contributed by atoms with Gasteiger partial charge in [-0.05, 0) is 92.9 Å². The number of benzene rings is 1. The largest absolute Gasteiger partial charge is 0.508 e. The first-order valence-corrected chi connectivity index (χ1v) is 12.0. The molecule has 5 aliphatic rings. The minimum Gasteiger partial charge on any atom is -0.508 e. The fraction of sp³-hybridized carbons (Fsp3) is 0.769. The van der Waals surface area contributed by atoms with Crippen molar-refractivity contribution in [2.45, 2.75) is 84.0 Å². The number of fused-ring (bicyclic) bond motifs is 4. The first-order chi connectivity index (χ1) is 14.2. The number of hydrogen-bond acceptors (Lipinski definition) is 4. The quantitative estimate of drug-likeness (QED) is 0.626. The Labute approximate surface area is 180 Å². The summed E-state index contributed by atoms with van der Waals surface area (Å²) in [6, 6.07) is 5.59. The van der Waals surface area contributed by atoms with E-state index in [1.807, 2.05) is 12.1 Å². The van der Waals surface area contributed by atoms with Gasteiger partial charge in [0.15, 0.2) is 6.29 Å². The number of phenolic OH excluding ortho intramolecular Hbond substituents is 1. The second-order valence-electron chi connectivity index (χ2n) is 11.9. The molecule has 4 heteroatoms. The molecule has 0 aromatic heterocycles. The molecule has 0 spiro atoms. The van der Waals surface area contributed by atoms with Crippen molar-refractivity contribution in [3.63, 3.8) is 0 Å². The van der Waals surface area contributed by atoms with Crippen LogP contribution in [0.3, 0.4) is 0 Å². The Hall–Kier alpha value is -1.26. The lowest BCUT2D eigenvalue weighted by Crippen LogP contribution is -2.69. The number of aliphatic hydroxyl groups is 1. The van der Waals surface area contributed by atoms with Gasteiger partial charge in [0.1, 0.15) is 17.1 Å². The van der Waals surface area contributed by atoms with Gasteiger partial charge in [-0.25, -0.2) is 0 Å². The number of ether oxygens (including phenoxy) is 2. The Morgan fingerprint density at radius 2 is 1.70 bits per heavy atom. The third-order valence-corrected chi connectivity index (χ3v) is 10.7. The SMILES string of the molecule is C[C@@]12CCC[C@@]3(CO[C@H]1O)[C@H]2CC[C@]1(C)[C@@H]3CC[C@]2(C)Oc3ccc(O)cc3C[C@@H]12. The van der Waals surface area contributed by atoms with Crippen molar-refractivity contribution in [3.05, 3.63) is 23.8 Å². The van der Waals surface area contributed by atoms with Crippen molar-refractivity contribution in [2.75, 3.05) is 6.61 Å². The molecule has 2 heterocycles. The van der Waals surface area contributed by atoms with Crippen LogP contribution in [0.4, 0.5) is 0 Å². The molecular weight excluding hydrogens is 376 g/mol. The van der Waals surface area contributed by atoms with Gasteiger partial charge in [-0.15, -0.1) is 0 Å². The number of rotatable bonds is 0. The minimum absolute atomic E-state index is 0.0972. The lowest BCUT2D eigenvalue weighted by molar-refractivity contribution is -0.327. The summed E-state index contributed by atoms with van der Waals surface area (Å²) in [6.45, 7) is 7.85. The highest BCUT2D eigenvalue weighted by molar-refractivity contribution is 5.43. The molecule has 4 nitrogen and oxygen atoms in total. The fourth-order valence-corrected chi connectivity index (χ4v) is 9.32. The molecule has 0 radical (unpaired) electrons. The van der Waals surface area contributed by atoms with E-state index in [0.717, 1.165) is 37.2 Å². The molecule has 6 rings (SSSR count). The van der Waals surface area contributed by atoms with Crippen LogP contribution >= 0.6 is 0 Å². The van der Waals surface area contributed by atoms with Gasteiger partial charge in [-0.3, -0.25) is 0 Å².